The highest BCUT2D eigenvalue weighted by Crippen LogP contribution is 2.18. The van der Waals surface area contributed by atoms with E-state index in [1.54, 1.807) is 30.3 Å². The Bertz CT molecular complexity index is 726. The van der Waals surface area contributed by atoms with Crippen molar-refractivity contribution in [3.63, 3.8) is 0 Å². The van der Waals surface area contributed by atoms with Crippen molar-refractivity contribution in [2.24, 2.45) is 5.10 Å². The van der Waals surface area contributed by atoms with E-state index >= 15 is 0 Å². The first-order valence-electron chi connectivity index (χ1n) is 6.78. The van der Waals surface area contributed by atoms with Gasteiger partial charge in [-0.15, -0.1) is 0 Å². The van der Waals surface area contributed by atoms with Crippen LogP contribution in [0.1, 0.15) is 5.56 Å². The molecule has 0 radical (unpaired) electrons. The molecule has 0 atom stereocenters. The Balaban J connectivity index is 1.86. The Kier molecular flexibility index (Phi) is 6.68. The fraction of sp³-hybridized carbons (Fsp3) is 0.125. The number of carbonyl (C=O) groups is 1. The summed E-state index contributed by atoms with van der Waals surface area (Å²) < 4.78 is 35.0. The Morgan fingerprint density at radius 3 is 2.79 bits per heavy atom. The molecule has 0 saturated carbocycles. The number of benzene rings is 2. The summed E-state index contributed by atoms with van der Waals surface area (Å²) >= 11 is 3.29. The molecule has 24 heavy (non-hydrogen) atoms. The molecule has 0 fully saturated rings. The zero-order chi connectivity index (χ0) is 17.4. The van der Waals surface area contributed by atoms with E-state index in [9.17, 15) is 13.6 Å². The number of hydrazone groups is 1. The molecule has 0 saturated heterocycles. The average Bonchev–Trinajstić information content (AvgIpc) is 2.54. The van der Waals surface area contributed by atoms with E-state index in [-0.39, 0.29) is 12.4 Å². The van der Waals surface area contributed by atoms with Gasteiger partial charge >= 0.3 is 6.61 Å². The number of para-hydroxylation sites is 1. The van der Waals surface area contributed by atoms with Gasteiger partial charge in [0.1, 0.15) is 11.5 Å². The number of carbonyl (C=O) groups excluding carboxylic acids is 1. The Morgan fingerprint density at radius 1 is 1.25 bits per heavy atom. The molecule has 0 aliphatic carbocycles. The monoisotopic (exact) mass is 398 g/mol. The van der Waals surface area contributed by atoms with E-state index in [4.69, 9.17) is 4.74 Å². The maximum Gasteiger partial charge on any atom is 0.387 e. The molecule has 5 nitrogen and oxygen atoms in total. The number of nitrogens with one attached hydrogen (secondary N) is 1. The molecule has 2 aromatic rings. The fourth-order valence-corrected chi connectivity index (χ4v) is 2.08. The number of amides is 1. The summed E-state index contributed by atoms with van der Waals surface area (Å²) in [7, 11) is 0. The van der Waals surface area contributed by atoms with Crippen LogP contribution in [0.3, 0.4) is 0 Å². The third-order valence-electron chi connectivity index (χ3n) is 2.69. The summed E-state index contributed by atoms with van der Waals surface area (Å²) in [4.78, 5) is 11.6. The highest BCUT2D eigenvalue weighted by molar-refractivity contribution is 9.10. The van der Waals surface area contributed by atoms with Crippen LogP contribution in [-0.4, -0.2) is 25.3 Å². The SMILES string of the molecule is O=C(COc1cccc(Br)c1)N/N=C\c1ccccc1OC(F)F. The van der Waals surface area contributed by atoms with Gasteiger partial charge in [0, 0.05) is 10.0 Å². The quantitative estimate of drug-likeness (QED) is 0.572. The van der Waals surface area contributed by atoms with Gasteiger partial charge in [0.25, 0.3) is 5.91 Å². The number of nitrogens with zero attached hydrogens (tertiary/aromatic N) is 1. The van der Waals surface area contributed by atoms with E-state index in [1.165, 1.54) is 18.3 Å². The first kappa shape index (κ1) is 17.9. The van der Waals surface area contributed by atoms with Crippen LogP contribution in [0, 0.1) is 0 Å². The number of hydrogen-bond acceptors (Lipinski definition) is 4. The molecule has 0 aliphatic rings. The van der Waals surface area contributed by atoms with Gasteiger partial charge in [0.2, 0.25) is 0 Å². The lowest BCUT2D eigenvalue weighted by Gasteiger charge is -2.07. The lowest BCUT2D eigenvalue weighted by Crippen LogP contribution is -2.24. The van der Waals surface area contributed by atoms with Gasteiger partial charge in [-0.2, -0.15) is 13.9 Å². The first-order chi connectivity index (χ1) is 11.5. The summed E-state index contributed by atoms with van der Waals surface area (Å²) in [5.74, 6) is 0.00792. The van der Waals surface area contributed by atoms with E-state index < -0.39 is 12.5 Å². The standard InChI is InChI=1S/C16H13BrF2N2O3/c17-12-5-3-6-13(8-12)23-10-15(22)21-20-9-11-4-1-2-7-14(11)24-16(18)19/h1-9,16H,10H2,(H,21,22)/b20-9-. The van der Waals surface area contributed by atoms with Crippen LogP contribution in [0.25, 0.3) is 0 Å². The van der Waals surface area contributed by atoms with Crippen molar-refractivity contribution >= 4 is 28.1 Å². The summed E-state index contributed by atoms with van der Waals surface area (Å²) in [5, 5.41) is 3.70. The van der Waals surface area contributed by atoms with Gasteiger partial charge in [-0.05, 0) is 30.3 Å². The second-order valence-corrected chi connectivity index (χ2v) is 5.37. The predicted molar refractivity (Wildman–Crippen MR) is 88.4 cm³/mol. The third-order valence-corrected chi connectivity index (χ3v) is 3.19. The van der Waals surface area contributed by atoms with Crippen LogP contribution >= 0.6 is 15.9 Å². The lowest BCUT2D eigenvalue weighted by atomic mass is 10.2. The molecule has 0 aliphatic heterocycles. The van der Waals surface area contributed by atoms with Crippen LogP contribution in [0.5, 0.6) is 11.5 Å². The van der Waals surface area contributed by atoms with Gasteiger partial charge in [-0.1, -0.05) is 34.1 Å². The smallest absolute Gasteiger partial charge is 0.387 e. The molecular weight excluding hydrogens is 386 g/mol. The second kappa shape index (κ2) is 8.97. The minimum absolute atomic E-state index is 0.0316. The summed E-state index contributed by atoms with van der Waals surface area (Å²) in [6.07, 6.45) is 1.22. The molecule has 8 heteroatoms. The van der Waals surface area contributed by atoms with Gasteiger partial charge in [0.15, 0.2) is 6.61 Å². The molecule has 1 amide bonds. The average molecular weight is 399 g/mol. The van der Waals surface area contributed by atoms with Crippen LogP contribution in [0.2, 0.25) is 0 Å². The van der Waals surface area contributed by atoms with Gasteiger partial charge < -0.3 is 9.47 Å². The second-order valence-electron chi connectivity index (χ2n) is 4.46. The minimum atomic E-state index is -2.94. The molecule has 2 aromatic carbocycles. The summed E-state index contributed by atoms with van der Waals surface area (Å²) in [5.41, 5.74) is 2.56. The molecule has 0 unspecified atom stereocenters. The number of hydrogen-bond donors (Lipinski definition) is 1. The third kappa shape index (κ3) is 5.96. The molecule has 0 bridgehead atoms. The van der Waals surface area contributed by atoms with E-state index in [1.807, 2.05) is 6.07 Å². The van der Waals surface area contributed by atoms with Crippen LogP contribution in [0.15, 0.2) is 58.1 Å². The Labute approximate surface area is 145 Å². The van der Waals surface area contributed by atoms with Crippen molar-refractivity contribution in [1.29, 1.82) is 0 Å². The largest absolute Gasteiger partial charge is 0.484 e. The van der Waals surface area contributed by atoms with E-state index in [0.717, 1.165) is 4.47 Å². The molecule has 2 rings (SSSR count). The molecule has 126 valence electrons. The van der Waals surface area contributed by atoms with Gasteiger partial charge in [-0.25, -0.2) is 5.43 Å². The van der Waals surface area contributed by atoms with Gasteiger partial charge in [-0.3, -0.25) is 4.79 Å². The van der Waals surface area contributed by atoms with E-state index in [2.05, 4.69) is 31.2 Å². The van der Waals surface area contributed by atoms with Crippen molar-refractivity contribution in [2.75, 3.05) is 6.61 Å². The van der Waals surface area contributed by atoms with Crippen molar-refractivity contribution in [1.82, 2.24) is 5.43 Å². The number of alkyl halides is 2. The van der Waals surface area contributed by atoms with Crippen molar-refractivity contribution in [3.8, 4) is 11.5 Å². The summed E-state index contributed by atoms with van der Waals surface area (Å²) in [6, 6.07) is 13.1. The summed E-state index contributed by atoms with van der Waals surface area (Å²) in [6.45, 7) is -3.17. The maximum atomic E-state index is 12.3. The van der Waals surface area contributed by atoms with Crippen molar-refractivity contribution in [3.05, 3.63) is 58.6 Å². The zero-order valence-electron chi connectivity index (χ0n) is 12.3. The molecule has 0 spiro atoms. The highest BCUT2D eigenvalue weighted by atomic mass is 79.9. The minimum Gasteiger partial charge on any atom is -0.484 e. The fourth-order valence-electron chi connectivity index (χ4n) is 1.70. The topological polar surface area (TPSA) is 59.9 Å². The lowest BCUT2D eigenvalue weighted by molar-refractivity contribution is -0.123. The van der Waals surface area contributed by atoms with E-state index in [0.29, 0.717) is 11.3 Å². The molecular formula is C16H13BrF2N2O3. The number of halogens is 3. The molecule has 0 heterocycles. The predicted octanol–water partition coefficient (Wildman–Crippen LogP) is 3.58. The van der Waals surface area contributed by atoms with Crippen LogP contribution in [0.4, 0.5) is 8.78 Å². The normalized spacial score (nSPS) is 10.8. The van der Waals surface area contributed by atoms with Crippen molar-refractivity contribution < 1.29 is 23.0 Å². The number of rotatable bonds is 7. The van der Waals surface area contributed by atoms with Gasteiger partial charge in [0.05, 0.1) is 6.21 Å². The van der Waals surface area contributed by atoms with Crippen LogP contribution < -0.4 is 14.9 Å². The maximum absolute atomic E-state index is 12.3. The number of ether oxygens (including phenoxy) is 2. The highest BCUT2D eigenvalue weighted by Gasteiger charge is 2.07. The Morgan fingerprint density at radius 2 is 2.04 bits per heavy atom. The first-order valence-corrected chi connectivity index (χ1v) is 7.58. The molecule has 0 aromatic heterocycles. The van der Waals surface area contributed by atoms with Crippen molar-refractivity contribution in [2.45, 2.75) is 6.61 Å². The zero-order valence-corrected chi connectivity index (χ0v) is 13.9. The Hall–Kier alpha value is -2.48. The van der Waals surface area contributed by atoms with Crippen LogP contribution in [-0.2, 0) is 4.79 Å². The molecule has 1 N–H and O–H groups in total.